The van der Waals surface area contributed by atoms with Crippen LogP contribution in [0.1, 0.15) is 40.0 Å². The maximum Gasteiger partial charge on any atom is 0.261 e. The number of carbonyl (C=O) groups is 2. The Hall–Kier alpha value is -1.88. The predicted molar refractivity (Wildman–Crippen MR) is 76.5 cm³/mol. The summed E-state index contributed by atoms with van der Waals surface area (Å²) in [7, 11) is 0. The van der Waals surface area contributed by atoms with Gasteiger partial charge < -0.3 is 10.6 Å². The van der Waals surface area contributed by atoms with Gasteiger partial charge in [-0.1, -0.05) is 0 Å². The number of fused-ring (bicyclic) bond motifs is 1. The van der Waals surface area contributed by atoms with Gasteiger partial charge in [-0.05, 0) is 57.1 Å². The number of hydrogen-bond donors (Lipinski definition) is 1. The van der Waals surface area contributed by atoms with E-state index < -0.39 is 0 Å². The first-order valence-electron chi connectivity index (χ1n) is 7.15. The third-order valence-corrected chi connectivity index (χ3v) is 4.05. The summed E-state index contributed by atoms with van der Waals surface area (Å²) in [4.78, 5) is 28.2. The molecular weight excluding hydrogens is 254 g/mol. The van der Waals surface area contributed by atoms with E-state index in [2.05, 4.69) is 4.90 Å². The lowest BCUT2D eigenvalue weighted by atomic mass is 10.1. The molecule has 0 atom stereocenters. The Labute approximate surface area is 118 Å². The van der Waals surface area contributed by atoms with Crippen LogP contribution in [0.5, 0.6) is 0 Å². The van der Waals surface area contributed by atoms with E-state index in [1.165, 1.54) is 17.7 Å². The lowest BCUT2D eigenvalue weighted by Crippen LogP contribution is -2.33. The maximum atomic E-state index is 12.2. The van der Waals surface area contributed by atoms with Gasteiger partial charge in [0, 0.05) is 12.2 Å². The molecule has 2 amide bonds. The van der Waals surface area contributed by atoms with E-state index in [0.717, 1.165) is 26.1 Å². The highest BCUT2D eigenvalue weighted by atomic mass is 16.2. The van der Waals surface area contributed by atoms with Crippen LogP contribution in [0.3, 0.4) is 0 Å². The Balaban J connectivity index is 1.64. The Morgan fingerprint density at radius 3 is 2.45 bits per heavy atom. The van der Waals surface area contributed by atoms with Crippen molar-refractivity contribution in [2.45, 2.75) is 19.3 Å². The summed E-state index contributed by atoms with van der Waals surface area (Å²) in [5.41, 5.74) is 7.11. The summed E-state index contributed by atoms with van der Waals surface area (Å²) in [6.45, 7) is 3.72. The number of nitrogens with zero attached hydrogens (tertiary/aromatic N) is 2. The molecular formula is C15H19N3O2. The highest BCUT2D eigenvalue weighted by Crippen LogP contribution is 2.25. The van der Waals surface area contributed by atoms with E-state index in [4.69, 9.17) is 5.73 Å². The van der Waals surface area contributed by atoms with Gasteiger partial charge >= 0.3 is 0 Å². The molecule has 0 saturated carbocycles. The first-order valence-corrected chi connectivity index (χ1v) is 7.15. The zero-order valence-electron chi connectivity index (χ0n) is 11.5. The van der Waals surface area contributed by atoms with Crippen LogP contribution in [-0.2, 0) is 0 Å². The van der Waals surface area contributed by atoms with Gasteiger partial charge in [0.15, 0.2) is 0 Å². The van der Waals surface area contributed by atoms with E-state index in [-0.39, 0.29) is 11.8 Å². The molecule has 3 rings (SSSR count). The fourth-order valence-corrected chi connectivity index (χ4v) is 2.97. The molecule has 2 heterocycles. The summed E-state index contributed by atoms with van der Waals surface area (Å²) in [5, 5.41) is 0. The van der Waals surface area contributed by atoms with Crippen molar-refractivity contribution >= 4 is 17.5 Å². The molecule has 2 aliphatic rings. The fraction of sp³-hybridized carbons (Fsp3) is 0.467. The smallest absolute Gasteiger partial charge is 0.261 e. The second kappa shape index (κ2) is 5.25. The minimum atomic E-state index is -0.210. The van der Waals surface area contributed by atoms with E-state index in [1.807, 2.05) is 0 Å². The number of benzene rings is 1. The average Bonchev–Trinajstić information content (AvgIpc) is 3.02. The highest BCUT2D eigenvalue weighted by Gasteiger charge is 2.35. The topological polar surface area (TPSA) is 66.6 Å². The van der Waals surface area contributed by atoms with Crippen LogP contribution in [0.15, 0.2) is 18.2 Å². The Bertz CT molecular complexity index is 550. The van der Waals surface area contributed by atoms with Crippen LogP contribution in [0.25, 0.3) is 0 Å². The second-order valence-corrected chi connectivity index (χ2v) is 5.47. The molecule has 2 N–H and O–H groups in total. The molecule has 0 spiro atoms. The standard InChI is InChI=1S/C15H19N3O2/c16-11-4-5-12-13(10-11)15(20)18(14(12)19)9-3-8-17-6-1-2-7-17/h4-5,10H,1-3,6-9,16H2. The predicted octanol–water partition coefficient (Wildman–Crippen LogP) is 1.35. The molecule has 0 bridgehead atoms. The molecule has 5 nitrogen and oxygen atoms in total. The van der Waals surface area contributed by atoms with Gasteiger partial charge in [-0.25, -0.2) is 0 Å². The minimum Gasteiger partial charge on any atom is -0.399 e. The first kappa shape index (κ1) is 13.1. The number of rotatable bonds is 4. The number of nitrogen functional groups attached to an aromatic ring is 1. The summed E-state index contributed by atoms with van der Waals surface area (Å²) in [6, 6.07) is 4.90. The van der Waals surface area contributed by atoms with Gasteiger partial charge in [0.1, 0.15) is 0 Å². The number of likely N-dealkylation sites (tertiary alicyclic amines) is 1. The van der Waals surface area contributed by atoms with E-state index in [1.54, 1.807) is 18.2 Å². The number of imide groups is 1. The zero-order valence-corrected chi connectivity index (χ0v) is 11.5. The van der Waals surface area contributed by atoms with Gasteiger partial charge in [0.05, 0.1) is 11.1 Å². The summed E-state index contributed by atoms with van der Waals surface area (Å²) < 4.78 is 0. The monoisotopic (exact) mass is 273 g/mol. The molecule has 106 valence electrons. The normalized spacial score (nSPS) is 18.9. The van der Waals surface area contributed by atoms with Crippen LogP contribution >= 0.6 is 0 Å². The molecule has 2 aliphatic heterocycles. The Kier molecular flexibility index (Phi) is 3.44. The van der Waals surface area contributed by atoms with Crippen molar-refractivity contribution in [2.24, 2.45) is 0 Å². The summed E-state index contributed by atoms with van der Waals surface area (Å²) >= 11 is 0. The van der Waals surface area contributed by atoms with Gasteiger partial charge in [-0.3, -0.25) is 14.5 Å². The Morgan fingerprint density at radius 2 is 1.70 bits per heavy atom. The molecule has 5 heteroatoms. The third kappa shape index (κ3) is 2.29. The van der Waals surface area contributed by atoms with Crippen molar-refractivity contribution in [1.29, 1.82) is 0 Å². The lowest BCUT2D eigenvalue weighted by molar-refractivity contribution is 0.0648. The molecule has 1 fully saturated rings. The van der Waals surface area contributed by atoms with Crippen LogP contribution in [-0.4, -0.2) is 47.8 Å². The van der Waals surface area contributed by atoms with Crippen LogP contribution in [0.2, 0.25) is 0 Å². The van der Waals surface area contributed by atoms with Gasteiger partial charge in [0.25, 0.3) is 11.8 Å². The Morgan fingerprint density at radius 1 is 1.00 bits per heavy atom. The van der Waals surface area contributed by atoms with Crippen LogP contribution < -0.4 is 5.73 Å². The molecule has 1 aromatic rings. The van der Waals surface area contributed by atoms with Gasteiger partial charge in [0.2, 0.25) is 0 Å². The van der Waals surface area contributed by atoms with Crippen molar-refractivity contribution in [3.8, 4) is 0 Å². The molecule has 0 unspecified atom stereocenters. The van der Waals surface area contributed by atoms with Crippen molar-refractivity contribution in [3.63, 3.8) is 0 Å². The quantitative estimate of drug-likeness (QED) is 0.664. The zero-order chi connectivity index (χ0) is 14.1. The maximum absolute atomic E-state index is 12.2. The van der Waals surface area contributed by atoms with E-state index in [9.17, 15) is 9.59 Å². The van der Waals surface area contributed by atoms with E-state index in [0.29, 0.717) is 23.4 Å². The molecule has 1 saturated heterocycles. The fourth-order valence-electron chi connectivity index (χ4n) is 2.97. The van der Waals surface area contributed by atoms with Gasteiger partial charge in [-0.15, -0.1) is 0 Å². The SMILES string of the molecule is Nc1ccc2c(c1)C(=O)N(CCCN1CCCC1)C2=O. The lowest BCUT2D eigenvalue weighted by Gasteiger charge is -2.17. The molecule has 20 heavy (non-hydrogen) atoms. The number of hydrogen-bond acceptors (Lipinski definition) is 4. The van der Waals surface area contributed by atoms with Crippen LogP contribution in [0, 0.1) is 0 Å². The molecule has 0 aromatic heterocycles. The first-order chi connectivity index (χ1) is 9.66. The molecule has 0 aliphatic carbocycles. The number of amides is 2. The minimum absolute atomic E-state index is 0.188. The van der Waals surface area contributed by atoms with Crippen molar-refractivity contribution < 1.29 is 9.59 Å². The second-order valence-electron chi connectivity index (χ2n) is 5.47. The number of nitrogens with two attached hydrogens (primary N) is 1. The van der Waals surface area contributed by atoms with Crippen molar-refractivity contribution in [3.05, 3.63) is 29.3 Å². The average molecular weight is 273 g/mol. The highest BCUT2D eigenvalue weighted by molar-refractivity contribution is 6.21. The number of carbonyl (C=O) groups excluding carboxylic acids is 2. The summed E-state index contributed by atoms with van der Waals surface area (Å²) in [6.07, 6.45) is 3.35. The van der Waals surface area contributed by atoms with Crippen molar-refractivity contribution in [2.75, 3.05) is 31.9 Å². The molecule has 1 aromatic carbocycles. The third-order valence-electron chi connectivity index (χ3n) is 4.05. The summed E-state index contributed by atoms with van der Waals surface area (Å²) in [5.74, 6) is -0.398. The van der Waals surface area contributed by atoms with Crippen LogP contribution in [0.4, 0.5) is 5.69 Å². The number of anilines is 1. The largest absolute Gasteiger partial charge is 0.399 e. The molecule has 0 radical (unpaired) electrons. The van der Waals surface area contributed by atoms with E-state index >= 15 is 0 Å². The van der Waals surface area contributed by atoms with Crippen molar-refractivity contribution in [1.82, 2.24) is 9.80 Å². The van der Waals surface area contributed by atoms with Gasteiger partial charge in [-0.2, -0.15) is 0 Å².